The average molecular weight is 278 g/mol. The molecule has 108 valence electrons. The highest BCUT2D eigenvalue weighted by molar-refractivity contribution is 7.52. The van der Waals surface area contributed by atoms with Crippen molar-refractivity contribution < 1.29 is 18.4 Å². The van der Waals surface area contributed by atoms with Gasteiger partial charge < -0.3 is 9.05 Å². The van der Waals surface area contributed by atoms with Gasteiger partial charge in [-0.05, 0) is 12.8 Å². The second-order valence-corrected chi connectivity index (χ2v) is 6.81. The molecule has 0 amide bonds. The van der Waals surface area contributed by atoms with E-state index in [1.807, 2.05) is 6.92 Å². The summed E-state index contributed by atoms with van der Waals surface area (Å²) in [5.74, 6) is 0.0619. The van der Waals surface area contributed by atoms with Crippen molar-refractivity contribution in [3.63, 3.8) is 0 Å². The van der Waals surface area contributed by atoms with Crippen LogP contribution in [0.5, 0.6) is 0 Å². The summed E-state index contributed by atoms with van der Waals surface area (Å²) in [4.78, 5) is 11.9. The van der Waals surface area contributed by atoms with Crippen LogP contribution in [0.15, 0.2) is 0 Å². The molecule has 0 saturated heterocycles. The van der Waals surface area contributed by atoms with E-state index in [1.54, 1.807) is 0 Å². The number of rotatable bonds is 11. The number of ketones is 1. The predicted molar refractivity (Wildman–Crippen MR) is 74.0 cm³/mol. The quantitative estimate of drug-likeness (QED) is 0.423. The standard InChI is InChI=1S/C13H27O4P/c1-5-7-8-9-10-12(6-2)13(14)11-17-18(4,15)16-3/h12H,5-11H2,1-4H3. The van der Waals surface area contributed by atoms with Crippen LogP contribution in [-0.4, -0.2) is 26.2 Å². The number of hydrogen-bond acceptors (Lipinski definition) is 4. The Bertz CT molecular complexity index is 278. The molecule has 18 heavy (non-hydrogen) atoms. The van der Waals surface area contributed by atoms with E-state index >= 15 is 0 Å². The summed E-state index contributed by atoms with van der Waals surface area (Å²) in [5, 5.41) is 0. The molecule has 0 N–H and O–H groups in total. The maximum absolute atomic E-state index is 11.9. The second-order valence-electron chi connectivity index (χ2n) is 4.65. The number of Topliss-reactive ketones (excluding diaryl/α,β-unsaturated/α-hetero) is 1. The van der Waals surface area contributed by atoms with Gasteiger partial charge in [0.2, 0.25) is 0 Å². The molecule has 0 aliphatic rings. The Labute approximate surface area is 111 Å². The Balaban J connectivity index is 3.99. The molecule has 5 heteroatoms. The first-order valence-corrected chi connectivity index (χ1v) is 8.76. The van der Waals surface area contributed by atoms with Gasteiger partial charge in [-0.3, -0.25) is 9.36 Å². The molecular formula is C13H27O4P. The van der Waals surface area contributed by atoms with Gasteiger partial charge in [0.05, 0.1) is 0 Å². The molecule has 0 spiro atoms. The number of carbonyl (C=O) groups excluding carboxylic acids is 1. The van der Waals surface area contributed by atoms with Gasteiger partial charge in [-0.15, -0.1) is 0 Å². The lowest BCUT2D eigenvalue weighted by Crippen LogP contribution is -2.19. The fourth-order valence-electron chi connectivity index (χ4n) is 1.76. The van der Waals surface area contributed by atoms with Crippen molar-refractivity contribution in [3.8, 4) is 0 Å². The van der Waals surface area contributed by atoms with Gasteiger partial charge in [-0.1, -0.05) is 39.5 Å². The van der Waals surface area contributed by atoms with E-state index in [-0.39, 0.29) is 18.3 Å². The minimum atomic E-state index is -3.03. The average Bonchev–Trinajstić information content (AvgIpc) is 2.36. The molecule has 0 aliphatic heterocycles. The first-order chi connectivity index (χ1) is 8.46. The molecular weight excluding hydrogens is 251 g/mol. The van der Waals surface area contributed by atoms with Crippen molar-refractivity contribution in [2.45, 2.75) is 52.4 Å². The Morgan fingerprint density at radius 2 is 1.89 bits per heavy atom. The molecule has 0 aromatic rings. The van der Waals surface area contributed by atoms with Crippen LogP contribution in [0.25, 0.3) is 0 Å². The van der Waals surface area contributed by atoms with Gasteiger partial charge in [0.15, 0.2) is 5.78 Å². The van der Waals surface area contributed by atoms with Gasteiger partial charge in [0, 0.05) is 19.7 Å². The highest BCUT2D eigenvalue weighted by atomic mass is 31.2. The zero-order chi connectivity index (χ0) is 14.0. The van der Waals surface area contributed by atoms with Gasteiger partial charge in [0.1, 0.15) is 6.61 Å². The van der Waals surface area contributed by atoms with Gasteiger partial charge in [-0.2, -0.15) is 0 Å². The van der Waals surface area contributed by atoms with Crippen molar-refractivity contribution in [3.05, 3.63) is 0 Å². The molecule has 2 unspecified atom stereocenters. The van der Waals surface area contributed by atoms with E-state index in [2.05, 4.69) is 6.92 Å². The lowest BCUT2D eigenvalue weighted by atomic mass is 9.94. The van der Waals surface area contributed by atoms with E-state index in [0.29, 0.717) is 0 Å². The summed E-state index contributed by atoms with van der Waals surface area (Å²) in [6.45, 7) is 5.44. The summed E-state index contributed by atoms with van der Waals surface area (Å²) >= 11 is 0. The van der Waals surface area contributed by atoms with Crippen LogP contribution in [0, 0.1) is 5.92 Å². The van der Waals surface area contributed by atoms with Gasteiger partial charge >= 0.3 is 7.60 Å². The lowest BCUT2D eigenvalue weighted by molar-refractivity contribution is -0.125. The largest absolute Gasteiger partial charge is 0.327 e. The summed E-state index contributed by atoms with van der Waals surface area (Å²) < 4.78 is 21.2. The lowest BCUT2D eigenvalue weighted by Gasteiger charge is -2.15. The van der Waals surface area contributed by atoms with Crippen LogP contribution in [0.4, 0.5) is 0 Å². The van der Waals surface area contributed by atoms with Crippen molar-refractivity contribution >= 4 is 13.4 Å². The Hall–Kier alpha value is -0.180. The van der Waals surface area contributed by atoms with Crippen LogP contribution in [0.1, 0.15) is 52.4 Å². The molecule has 0 bridgehead atoms. The summed E-state index contributed by atoms with van der Waals surface area (Å²) in [6.07, 6.45) is 6.38. The Morgan fingerprint density at radius 3 is 2.39 bits per heavy atom. The van der Waals surface area contributed by atoms with Crippen LogP contribution in [0.2, 0.25) is 0 Å². The molecule has 0 saturated carbocycles. The smallest absolute Gasteiger partial charge is 0.312 e. The molecule has 0 heterocycles. The zero-order valence-corrected chi connectivity index (χ0v) is 13.0. The monoisotopic (exact) mass is 278 g/mol. The van der Waals surface area contributed by atoms with Gasteiger partial charge in [-0.25, -0.2) is 0 Å². The first kappa shape index (κ1) is 17.8. The van der Waals surface area contributed by atoms with E-state index in [4.69, 9.17) is 9.05 Å². The third kappa shape index (κ3) is 8.02. The fourth-order valence-corrected chi connectivity index (χ4v) is 2.23. The van der Waals surface area contributed by atoms with Crippen LogP contribution in [0.3, 0.4) is 0 Å². The summed E-state index contributed by atoms with van der Waals surface area (Å²) in [6, 6.07) is 0. The molecule has 0 aromatic carbocycles. The van der Waals surface area contributed by atoms with Crippen molar-refractivity contribution in [2.24, 2.45) is 5.92 Å². The Morgan fingerprint density at radius 1 is 1.22 bits per heavy atom. The molecule has 2 atom stereocenters. The minimum absolute atomic E-state index is 0.0266. The third-order valence-corrected chi connectivity index (χ3v) is 4.39. The molecule has 0 aliphatic carbocycles. The highest BCUT2D eigenvalue weighted by Gasteiger charge is 2.21. The second kappa shape index (κ2) is 9.71. The van der Waals surface area contributed by atoms with Crippen molar-refractivity contribution in [1.82, 2.24) is 0 Å². The normalized spacial score (nSPS) is 16.2. The fraction of sp³-hybridized carbons (Fsp3) is 0.923. The maximum Gasteiger partial charge on any atom is 0.327 e. The van der Waals surface area contributed by atoms with Crippen molar-refractivity contribution in [2.75, 3.05) is 20.4 Å². The van der Waals surface area contributed by atoms with E-state index < -0.39 is 7.60 Å². The molecule has 0 rings (SSSR count). The minimum Gasteiger partial charge on any atom is -0.312 e. The van der Waals surface area contributed by atoms with Crippen LogP contribution < -0.4 is 0 Å². The van der Waals surface area contributed by atoms with Crippen molar-refractivity contribution in [1.29, 1.82) is 0 Å². The topological polar surface area (TPSA) is 52.6 Å². The number of unbranched alkanes of at least 4 members (excludes halogenated alkanes) is 3. The van der Waals surface area contributed by atoms with E-state index in [1.165, 1.54) is 33.0 Å². The number of hydrogen-bond donors (Lipinski definition) is 0. The predicted octanol–water partition coefficient (Wildman–Crippen LogP) is 4.04. The molecule has 4 nitrogen and oxygen atoms in total. The third-order valence-electron chi connectivity index (χ3n) is 3.13. The van der Waals surface area contributed by atoms with Crippen LogP contribution in [-0.2, 0) is 18.4 Å². The Kier molecular flexibility index (Phi) is 9.61. The molecule has 0 radical (unpaired) electrons. The maximum atomic E-state index is 11.9. The van der Waals surface area contributed by atoms with E-state index in [9.17, 15) is 9.36 Å². The summed E-state index contributed by atoms with van der Waals surface area (Å²) in [5.41, 5.74) is 0. The SMILES string of the molecule is CCCCCCC(CC)C(=O)COP(C)(=O)OC. The first-order valence-electron chi connectivity index (χ1n) is 6.77. The zero-order valence-electron chi connectivity index (χ0n) is 12.1. The molecule has 0 fully saturated rings. The molecule has 0 aromatic heterocycles. The number of carbonyl (C=O) groups is 1. The van der Waals surface area contributed by atoms with Crippen LogP contribution >= 0.6 is 7.60 Å². The van der Waals surface area contributed by atoms with E-state index in [0.717, 1.165) is 19.3 Å². The van der Waals surface area contributed by atoms with Gasteiger partial charge in [0.25, 0.3) is 0 Å². The highest BCUT2D eigenvalue weighted by Crippen LogP contribution is 2.42. The summed E-state index contributed by atoms with van der Waals surface area (Å²) in [7, 11) is -1.71.